The Hall–Kier alpha value is -2.94. The highest BCUT2D eigenvalue weighted by atomic mass is 35.5. The van der Waals surface area contributed by atoms with Gasteiger partial charge in [-0.05, 0) is 36.7 Å². The van der Waals surface area contributed by atoms with Crippen molar-refractivity contribution < 1.29 is 4.79 Å². The van der Waals surface area contributed by atoms with Gasteiger partial charge in [-0.1, -0.05) is 97.1 Å². The summed E-state index contributed by atoms with van der Waals surface area (Å²) in [6.45, 7) is 7.46. The molecule has 30 heavy (non-hydrogen) atoms. The first kappa shape index (κ1) is 23.3. The van der Waals surface area contributed by atoms with Crippen LogP contribution in [0.4, 0.5) is 0 Å². The van der Waals surface area contributed by atoms with Gasteiger partial charge in [0.25, 0.3) is 0 Å². The third-order valence-corrected chi connectivity index (χ3v) is 4.76. The van der Waals surface area contributed by atoms with Crippen LogP contribution in [0.3, 0.4) is 0 Å². The minimum atomic E-state index is -0.0161. The summed E-state index contributed by atoms with van der Waals surface area (Å²) in [7, 11) is 2.01. The molecule has 154 valence electrons. The van der Waals surface area contributed by atoms with Crippen LogP contribution in [0.2, 0.25) is 0 Å². The van der Waals surface area contributed by atoms with Crippen molar-refractivity contribution in [2.24, 2.45) is 0 Å². The standard InChI is InChI=1S/C27H27NO.ClH/c1-21-11-10-14-24(17-21)18-26(25-15-8-5-9-16-25)27(29)22(2)19-28(3)20-23-12-6-4-7-13-23;/h4-18H,2,19-20H2,1,3H3;1H/b26-18-;. The lowest BCUT2D eigenvalue weighted by Gasteiger charge is -2.18. The summed E-state index contributed by atoms with van der Waals surface area (Å²) < 4.78 is 0. The quantitative estimate of drug-likeness (QED) is 0.320. The van der Waals surface area contributed by atoms with Gasteiger partial charge in [0.2, 0.25) is 0 Å². The second kappa shape index (κ2) is 11.3. The Kier molecular flexibility index (Phi) is 8.79. The lowest BCUT2D eigenvalue weighted by atomic mass is 9.94. The van der Waals surface area contributed by atoms with Gasteiger partial charge >= 0.3 is 0 Å². The Labute approximate surface area is 186 Å². The van der Waals surface area contributed by atoms with Gasteiger partial charge in [-0.3, -0.25) is 9.69 Å². The van der Waals surface area contributed by atoms with Crippen molar-refractivity contribution >= 4 is 29.8 Å². The SMILES string of the molecule is C=C(CN(C)Cc1ccccc1)C(=O)/C(=C\c1cccc(C)c1)c1ccccc1.Cl. The number of ketones is 1. The van der Waals surface area contributed by atoms with Crippen LogP contribution in [-0.4, -0.2) is 24.3 Å². The summed E-state index contributed by atoms with van der Waals surface area (Å²) in [6, 6.07) is 28.2. The molecule has 0 atom stereocenters. The maximum atomic E-state index is 13.3. The number of carbonyl (C=O) groups is 1. The van der Waals surface area contributed by atoms with Crippen LogP contribution in [0, 0.1) is 6.92 Å². The molecule has 2 nitrogen and oxygen atoms in total. The molecule has 0 saturated carbocycles. The molecule has 0 aliphatic carbocycles. The number of benzene rings is 3. The predicted octanol–water partition coefficient (Wildman–Crippen LogP) is 6.21. The van der Waals surface area contributed by atoms with Crippen LogP contribution in [0.15, 0.2) is 97.1 Å². The molecule has 0 heterocycles. The summed E-state index contributed by atoms with van der Waals surface area (Å²) in [4.78, 5) is 15.4. The average Bonchev–Trinajstić information content (AvgIpc) is 2.73. The third-order valence-electron chi connectivity index (χ3n) is 4.76. The molecule has 0 saturated heterocycles. The molecule has 0 N–H and O–H groups in total. The van der Waals surface area contributed by atoms with E-state index in [1.165, 1.54) is 11.1 Å². The van der Waals surface area contributed by atoms with Gasteiger partial charge in [0.05, 0.1) is 0 Å². The molecule has 0 radical (unpaired) electrons. The first-order valence-electron chi connectivity index (χ1n) is 9.81. The monoisotopic (exact) mass is 417 g/mol. The van der Waals surface area contributed by atoms with Crippen LogP contribution in [0.5, 0.6) is 0 Å². The van der Waals surface area contributed by atoms with Gasteiger partial charge in [-0.25, -0.2) is 0 Å². The molecule has 0 aliphatic rings. The third kappa shape index (κ3) is 6.55. The van der Waals surface area contributed by atoms with E-state index in [4.69, 9.17) is 0 Å². The van der Waals surface area contributed by atoms with E-state index in [1.54, 1.807) is 0 Å². The number of halogens is 1. The van der Waals surface area contributed by atoms with Crippen molar-refractivity contribution in [3.8, 4) is 0 Å². The number of allylic oxidation sites excluding steroid dienone is 1. The molecular weight excluding hydrogens is 390 g/mol. The topological polar surface area (TPSA) is 20.3 Å². The van der Waals surface area contributed by atoms with Crippen LogP contribution in [0.1, 0.15) is 22.3 Å². The van der Waals surface area contributed by atoms with Crippen molar-refractivity contribution in [2.75, 3.05) is 13.6 Å². The normalized spacial score (nSPS) is 11.1. The number of rotatable bonds is 8. The molecule has 0 fully saturated rings. The molecule has 3 rings (SSSR count). The first-order valence-corrected chi connectivity index (χ1v) is 9.81. The molecule has 0 spiro atoms. The molecule has 0 bridgehead atoms. The number of hydrogen-bond donors (Lipinski definition) is 0. The fourth-order valence-electron chi connectivity index (χ4n) is 3.36. The van der Waals surface area contributed by atoms with Crippen LogP contribution in [-0.2, 0) is 11.3 Å². The zero-order chi connectivity index (χ0) is 20.6. The summed E-state index contributed by atoms with van der Waals surface area (Å²) in [5.74, 6) is -0.0161. The molecule has 0 aromatic heterocycles. The number of nitrogens with zero attached hydrogens (tertiary/aromatic N) is 1. The lowest BCUT2D eigenvalue weighted by molar-refractivity contribution is -0.110. The highest BCUT2D eigenvalue weighted by Gasteiger charge is 2.17. The molecule has 3 heteroatoms. The summed E-state index contributed by atoms with van der Waals surface area (Å²) in [5, 5.41) is 0. The number of carbonyl (C=O) groups excluding carboxylic acids is 1. The maximum Gasteiger partial charge on any atom is 0.190 e. The van der Waals surface area contributed by atoms with Gasteiger partial charge < -0.3 is 0 Å². The highest BCUT2D eigenvalue weighted by Crippen LogP contribution is 2.23. The van der Waals surface area contributed by atoms with Crippen molar-refractivity contribution in [3.63, 3.8) is 0 Å². The highest BCUT2D eigenvalue weighted by molar-refractivity contribution is 6.32. The molecule has 0 unspecified atom stereocenters. The average molecular weight is 418 g/mol. The van der Waals surface area contributed by atoms with E-state index >= 15 is 0 Å². The van der Waals surface area contributed by atoms with Gasteiger partial charge in [0.15, 0.2) is 5.78 Å². The second-order valence-electron chi connectivity index (χ2n) is 7.43. The van der Waals surface area contributed by atoms with Gasteiger partial charge in [0, 0.05) is 24.2 Å². The van der Waals surface area contributed by atoms with Crippen molar-refractivity contribution in [1.29, 1.82) is 0 Å². The van der Waals surface area contributed by atoms with Crippen molar-refractivity contribution in [3.05, 3.63) is 119 Å². The number of hydrogen-bond acceptors (Lipinski definition) is 2. The largest absolute Gasteiger partial charge is 0.298 e. The van der Waals surface area contributed by atoms with Crippen LogP contribution >= 0.6 is 12.4 Å². The second-order valence-corrected chi connectivity index (χ2v) is 7.43. The van der Waals surface area contributed by atoms with Crippen molar-refractivity contribution in [1.82, 2.24) is 4.90 Å². The summed E-state index contributed by atoms with van der Waals surface area (Å²) in [6.07, 6.45) is 1.97. The predicted molar refractivity (Wildman–Crippen MR) is 130 cm³/mol. The van der Waals surface area contributed by atoms with E-state index in [-0.39, 0.29) is 18.2 Å². The number of Topliss-reactive ketones (excluding diaryl/α,β-unsaturated/α-hetero) is 1. The van der Waals surface area contributed by atoms with Crippen LogP contribution in [0.25, 0.3) is 11.6 Å². The smallest absolute Gasteiger partial charge is 0.190 e. The summed E-state index contributed by atoms with van der Waals surface area (Å²) >= 11 is 0. The Morgan fingerprint density at radius 3 is 2.20 bits per heavy atom. The lowest BCUT2D eigenvalue weighted by Crippen LogP contribution is -2.23. The van der Waals surface area contributed by atoms with E-state index < -0.39 is 0 Å². The van der Waals surface area contributed by atoms with Crippen LogP contribution < -0.4 is 0 Å². The Bertz CT molecular complexity index is 1010. The van der Waals surface area contributed by atoms with E-state index in [0.29, 0.717) is 17.7 Å². The minimum Gasteiger partial charge on any atom is -0.298 e. The van der Waals surface area contributed by atoms with E-state index in [0.717, 1.165) is 17.7 Å². The van der Waals surface area contributed by atoms with Gasteiger partial charge in [0.1, 0.15) is 0 Å². The van der Waals surface area contributed by atoms with E-state index in [1.807, 2.05) is 73.8 Å². The van der Waals surface area contributed by atoms with E-state index in [9.17, 15) is 4.79 Å². The van der Waals surface area contributed by atoms with E-state index in [2.05, 4.69) is 42.7 Å². The number of aryl methyl sites for hydroxylation is 1. The first-order chi connectivity index (χ1) is 14.0. The maximum absolute atomic E-state index is 13.3. The fraction of sp³-hybridized carbons (Fsp3) is 0.148. The Morgan fingerprint density at radius 2 is 1.57 bits per heavy atom. The summed E-state index contributed by atoms with van der Waals surface area (Å²) in [5.41, 5.74) is 5.57. The number of likely N-dealkylation sites (N-methyl/N-ethyl adjacent to an activating group) is 1. The molecule has 0 aliphatic heterocycles. The fourth-order valence-corrected chi connectivity index (χ4v) is 3.36. The zero-order valence-electron chi connectivity index (χ0n) is 17.5. The molecule has 3 aromatic carbocycles. The molecular formula is C27H28ClNO. The zero-order valence-corrected chi connectivity index (χ0v) is 18.4. The minimum absolute atomic E-state index is 0. The van der Waals surface area contributed by atoms with Gasteiger partial charge in [-0.2, -0.15) is 0 Å². The Morgan fingerprint density at radius 1 is 0.933 bits per heavy atom. The molecule has 0 amide bonds. The Balaban J connectivity index is 0.00000320. The molecule has 3 aromatic rings. The van der Waals surface area contributed by atoms with Gasteiger partial charge in [-0.15, -0.1) is 12.4 Å². The van der Waals surface area contributed by atoms with Crippen molar-refractivity contribution in [2.45, 2.75) is 13.5 Å².